The predicted molar refractivity (Wildman–Crippen MR) is 139 cm³/mol. The number of carbonyl (C=O) groups excluding carboxylic acids is 1. The molecular weight excluding hydrogens is 477 g/mol. The van der Waals surface area contributed by atoms with Gasteiger partial charge in [-0.2, -0.15) is 10.2 Å². The third kappa shape index (κ3) is 5.03. The molecule has 1 aliphatic rings. The molecule has 0 radical (unpaired) electrons. The van der Waals surface area contributed by atoms with Crippen LogP contribution >= 0.6 is 0 Å². The molecule has 37 heavy (non-hydrogen) atoms. The Labute approximate surface area is 210 Å². The maximum atomic E-state index is 14.9. The summed E-state index contributed by atoms with van der Waals surface area (Å²) in [6.07, 6.45) is 5.79. The van der Waals surface area contributed by atoms with Gasteiger partial charge in [-0.05, 0) is 49.2 Å². The van der Waals surface area contributed by atoms with E-state index in [0.29, 0.717) is 16.6 Å². The second-order valence-corrected chi connectivity index (χ2v) is 8.55. The van der Waals surface area contributed by atoms with E-state index in [4.69, 9.17) is 0 Å². The minimum absolute atomic E-state index is 0.00733. The number of benzene rings is 3. The van der Waals surface area contributed by atoms with Crippen molar-refractivity contribution in [3.8, 4) is 11.5 Å². The maximum absolute atomic E-state index is 14.9. The van der Waals surface area contributed by atoms with Crippen molar-refractivity contribution < 1.29 is 19.4 Å². The fraction of sp³-hybridized carbons (Fsp3) is 0.111. The van der Waals surface area contributed by atoms with Crippen LogP contribution in [0.1, 0.15) is 40.4 Å². The van der Waals surface area contributed by atoms with Crippen LogP contribution in [0.3, 0.4) is 0 Å². The van der Waals surface area contributed by atoms with Gasteiger partial charge in [-0.25, -0.2) is 9.82 Å². The van der Waals surface area contributed by atoms with E-state index >= 15 is 0 Å². The number of nitrogens with one attached hydrogen (secondary N) is 2. The lowest BCUT2D eigenvalue weighted by atomic mass is 10.1. The van der Waals surface area contributed by atoms with Crippen LogP contribution in [-0.4, -0.2) is 33.1 Å². The lowest BCUT2D eigenvalue weighted by Gasteiger charge is -2.14. The number of hydrogen-bond acceptors (Lipinski definition) is 7. The Kier molecular flexibility index (Phi) is 6.38. The molecule has 0 aliphatic heterocycles. The summed E-state index contributed by atoms with van der Waals surface area (Å²) in [6, 6.07) is 15.7. The average molecular weight is 500 g/mol. The SMILES string of the molecule is O=C(N/N=C/c1ccccc1O)c1cn(C2CC2)c2cc(N/N=C/c3ccccc3O)c(F)cc2c1=O. The molecule has 4 aromatic rings. The molecule has 9 nitrogen and oxygen atoms in total. The lowest BCUT2D eigenvalue weighted by Crippen LogP contribution is -2.27. The van der Waals surface area contributed by atoms with Gasteiger partial charge in [0.15, 0.2) is 0 Å². The summed E-state index contributed by atoms with van der Waals surface area (Å²) in [7, 11) is 0. The van der Waals surface area contributed by atoms with E-state index in [9.17, 15) is 24.2 Å². The van der Waals surface area contributed by atoms with Gasteiger partial charge in [0.2, 0.25) is 5.43 Å². The Morgan fingerprint density at radius 2 is 1.59 bits per heavy atom. The number of nitrogens with zero attached hydrogens (tertiary/aromatic N) is 3. The molecule has 1 aliphatic carbocycles. The zero-order valence-electron chi connectivity index (χ0n) is 19.4. The minimum Gasteiger partial charge on any atom is -0.507 e. The van der Waals surface area contributed by atoms with E-state index in [1.807, 2.05) is 0 Å². The molecule has 1 saturated carbocycles. The second kappa shape index (κ2) is 9.94. The van der Waals surface area contributed by atoms with Crippen molar-refractivity contribution in [2.75, 3.05) is 5.43 Å². The second-order valence-electron chi connectivity index (χ2n) is 8.55. The molecule has 3 aromatic carbocycles. The number of pyridine rings is 1. The first-order chi connectivity index (χ1) is 17.9. The summed E-state index contributed by atoms with van der Waals surface area (Å²) in [5.41, 5.74) is 5.46. The van der Waals surface area contributed by atoms with Gasteiger partial charge < -0.3 is 14.8 Å². The fourth-order valence-electron chi connectivity index (χ4n) is 3.86. The van der Waals surface area contributed by atoms with Crippen molar-refractivity contribution in [3.05, 3.63) is 99.6 Å². The van der Waals surface area contributed by atoms with Crippen LogP contribution in [-0.2, 0) is 0 Å². The number of halogens is 1. The van der Waals surface area contributed by atoms with Gasteiger partial charge in [-0.15, -0.1) is 0 Å². The van der Waals surface area contributed by atoms with Gasteiger partial charge in [0, 0.05) is 28.8 Å². The molecule has 1 fully saturated rings. The first-order valence-corrected chi connectivity index (χ1v) is 11.5. The number of rotatable bonds is 7. The number of para-hydroxylation sites is 2. The Morgan fingerprint density at radius 3 is 2.22 bits per heavy atom. The highest BCUT2D eigenvalue weighted by molar-refractivity contribution is 5.98. The third-order valence-corrected chi connectivity index (χ3v) is 5.94. The number of amides is 1. The Bertz CT molecular complexity index is 1630. The summed E-state index contributed by atoms with van der Waals surface area (Å²) in [5, 5.41) is 27.6. The van der Waals surface area contributed by atoms with Crippen molar-refractivity contribution in [2.45, 2.75) is 18.9 Å². The number of aromatic nitrogens is 1. The van der Waals surface area contributed by atoms with E-state index in [2.05, 4.69) is 21.1 Å². The summed E-state index contributed by atoms with van der Waals surface area (Å²) in [5.74, 6) is -1.45. The number of hydrogen-bond donors (Lipinski definition) is 4. The smallest absolute Gasteiger partial charge is 0.276 e. The molecule has 5 rings (SSSR count). The van der Waals surface area contributed by atoms with E-state index < -0.39 is 17.2 Å². The first-order valence-electron chi connectivity index (χ1n) is 11.5. The maximum Gasteiger partial charge on any atom is 0.276 e. The van der Waals surface area contributed by atoms with Crippen LogP contribution in [0.4, 0.5) is 10.1 Å². The molecule has 186 valence electrons. The molecule has 1 heterocycles. The van der Waals surface area contributed by atoms with Crippen LogP contribution in [0.15, 0.2) is 81.9 Å². The summed E-state index contributed by atoms with van der Waals surface area (Å²) in [6.45, 7) is 0. The normalized spacial score (nSPS) is 13.4. The van der Waals surface area contributed by atoms with Gasteiger partial charge >= 0.3 is 0 Å². The molecule has 0 bridgehead atoms. The Morgan fingerprint density at radius 1 is 0.973 bits per heavy atom. The molecule has 4 N–H and O–H groups in total. The largest absolute Gasteiger partial charge is 0.507 e. The first kappa shape index (κ1) is 23.7. The van der Waals surface area contributed by atoms with Crippen molar-refractivity contribution in [3.63, 3.8) is 0 Å². The van der Waals surface area contributed by atoms with Gasteiger partial charge in [0.1, 0.15) is 22.9 Å². The number of hydrazone groups is 2. The molecule has 1 aromatic heterocycles. The number of anilines is 1. The molecule has 0 unspecified atom stereocenters. The van der Waals surface area contributed by atoms with Crippen LogP contribution in [0.2, 0.25) is 0 Å². The predicted octanol–water partition coefficient (Wildman–Crippen LogP) is 4.10. The number of aromatic hydroxyl groups is 2. The van der Waals surface area contributed by atoms with Crippen molar-refractivity contribution in [2.24, 2.45) is 10.2 Å². The standard InChI is InChI=1S/C27H22FN5O4/c28-21-11-19-23(12-22(21)31-29-13-16-5-1-3-7-24(16)34)33(18-9-10-18)15-20(26(19)36)27(37)32-30-14-17-6-2-4-8-25(17)35/h1-8,11-15,18,31,34-35H,9-10H2,(H,32,37)/b29-13+,30-14+. The average Bonchev–Trinajstić information content (AvgIpc) is 3.73. The van der Waals surface area contributed by atoms with E-state index in [-0.39, 0.29) is 34.2 Å². The molecule has 10 heteroatoms. The monoisotopic (exact) mass is 499 g/mol. The highest BCUT2D eigenvalue weighted by Gasteiger charge is 2.27. The van der Waals surface area contributed by atoms with Crippen LogP contribution in [0, 0.1) is 5.82 Å². The van der Waals surface area contributed by atoms with Gasteiger partial charge in [-0.1, -0.05) is 24.3 Å². The van der Waals surface area contributed by atoms with Crippen LogP contribution in [0.5, 0.6) is 11.5 Å². The lowest BCUT2D eigenvalue weighted by molar-refractivity contribution is 0.0953. The molecule has 0 spiro atoms. The number of carbonyl (C=O) groups is 1. The minimum atomic E-state index is -0.747. The fourth-order valence-corrected chi connectivity index (χ4v) is 3.86. The highest BCUT2D eigenvalue weighted by Crippen LogP contribution is 2.37. The topological polar surface area (TPSA) is 128 Å². The Hall–Kier alpha value is -4.99. The van der Waals surface area contributed by atoms with Crippen molar-refractivity contribution in [1.82, 2.24) is 9.99 Å². The van der Waals surface area contributed by atoms with Gasteiger partial charge in [-0.3, -0.25) is 15.0 Å². The van der Waals surface area contributed by atoms with Crippen molar-refractivity contribution in [1.29, 1.82) is 0 Å². The van der Waals surface area contributed by atoms with Crippen molar-refractivity contribution >= 4 is 34.9 Å². The van der Waals surface area contributed by atoms with Gasteiger partial charge in [0.05, 0.1) is 23.6 Å². The quantitative estimate of drug-likeness (QED) is 0.225. The molecule has 0 saturated heterocycles. The molecule has 0 atom stereocenters. The Balaban J connectivity index is 1.45. The number of fused-ring (bicyclic) bond motifs is 1. The number of phenols is 2. The summed E-state index contributed by atoms with van der Waals surface area (Å²) < 4.78 is 16.7. The number of phenolic OH excluding ortho intramolecular Hbond substituents is 2. The summed E-state index contributed by atoms with van der Waals surface area (Å²) >= 11 is 0. The highest BCUT2D eigenvalue weighted by atomic mass is 19.1. The molecular formula is C27H22FN5O4. The van der Waals surface area contributed by atoms with E-state index in [1.165, 1.54) is 36.8 Å². The van der Waals surface area contributed by atoms with Gasteiger partial charge in [0.25, 0.3) is 5.91 Å². The van der Waals surface area contributed by atoms with Crippen LogP contribution in [0.25, 0.3) is 10.9 Å². The third-order valence-electron chi connectivity index (χ3n) is 5.94. The van der Waals surface area contributed by atoms with E-state index in [0.717, 1.165) is 18.9 Å². The zero-order chi connectivity index (χ0) is 25.9. The summed E-state index contributed by atoms with van der Waals surface area (Å²) in [4.78, 5) is 25.9. The van der Waals surface area contributed by atoms with Crippen LogP contribution < -0.4 is 16.3 Å². The zero-order valence-corrected chi connectivity index (χ0v) is 19.4. The molecule has 1 amide bonds. The van der Waals surface area contributed by atoms with E-state index in [1.54, 1.807) is 41.0 Å².